The summed E-state index contributed by atoms with van der Waals surface area (Å²) in [6.45, 7) is 2.29. The molecule has 4 heteroatoms. The largest absolute Gasteiger partial charge is 0.384 e. The van der Waals surface area contributed by atoms with Crippen LogP contribution in [-0.4, -0.2) is 23.1 Å². The maximum Gasteiger partial charge on any atom is 0.123 e. The maximum absolute atomic E-state index is 5.64. The third-order valence-electron chi connectivity index (χ3n) is 4.08. The Bertz CT molecular complexity index is 572. The Morgan fingerprint density at radius 1 is 1.14 bits per heavy atom. The van der Waals surface area contributed by atoms with Gasteiger partial charge in [0.15, 0.2) is 0 Å². The van der Waals surface area contributed by atoms with Crippen LogP contribution in [0.1, 0.15) is 25.0 Å². The number of aromatic nitrogens is 2. The minimum absolute atomic E-state index is 0.542. The third kappa shape index (κ3) is 3.79. The average Bonchev–Trinajstić information content (AvgIpc) is 2.77. The molecule has 0 saturated carbocycles. The second-order valence-corrected chi connectivity index (χ2v) is 5.74. The molecule has 0 bridgehead atoms. The van der Waals surface area contributed by atoms with Gasteiger partial charge in [-0.15, -0.1) is 0 Å². The average molecular weight is 282 g/mol. The first-order valence-corrected chi connectivity index (χ1v) is 7.70. The van der Waals surface area contributed by atoms with Gasteiger partial charge in [0.05, 0.1) is 5.69 Å². The third-order valence-corrected chi connectivity index (χ3v) is 4.08. The van der Waals surface area contributed by atoms with Crippen molar-refractivity contribution in [3.05, 3.63) is 42.2 Å². The number of hydrogen-bond donors (Lipinski definition) is 2. The number of nitrogens with zero attached hydrogens (tertiary/aromatic N) is 2. The van der Waals surface area contributed by atoms with E-state index in [1.807, 2.05) is 18.2 Å². The standard InChI is InChI=1S/C17H22N4/c18-17-7-6-14(12-20-17)16-5-1-4-15(21-16)11-13-3-2-9-19-10-8-13/h1,4-7,12-13,19H,2-3,8-11H2,(H2,18,20). The van der Waals surface area contributed by atoms with E-state index in [2.05, 4.69) is 22.4 Å². The van der Waals surface area contributed by atoms with Crippen LogP contribution in [0.15, 0.2) is 36.5 Å². The van der Waals surface area contributed by atoms with E-state index in [-0.39, 0.29) is 0 Å². The van der Waals surface area contributed by atoms with Crippen LogP contribution in [0.2, 0.25) is 0 Å². The summed E-state index contributed by atoms with van der Waals surface area (Å²) in [6, 6.07) is 10.0. The smallest absolute Gasteiger partial charge is 0.123 e. The Kier molecular flexibility index (Phi) is 4.46. The highest BCUT2D eigenvalue weighted by molar-refractivity contribution is 5.59. The van der Waals surface area contributed by atoms with E-state index in [1.54, 1.807) is 6.20 Å². The second kappa shape index (κ2) is 6.68. The van der Waals surface area contributed by atoms with Crippen LogP contribution in [0.3, 0.4) is 0 Å². The van der Waals surface area contributed by atoms with Gasteiger partial charge < -0.3 is 11.1 Å². The van der Waals surface area contributed by atoms with Crippen molar-refractivity contribution in [3.8, 4) is 11.3 Å². The summed E-state index contributed by atoms with van der Waals surface area (Å²) in [5.74, 6) is 1.29. The Morgan fingerprint density at radius 2 is 2.10 bits per heavy atom. The molecule has 0 radical (unpaired) electrons. The van der Waals surface area contributed by atoms with E-state index in [4.69, 9.17) is 10.7 Å². The molecule has 21 heavy (non-hydrogen) atoms. The summed E-state index contributed by atoms with van der Waals surface area (Å²) in [7, 11) is 0. The van der Waals surface area contributed by atoms with E-state index >= 15 is 0 Å². The van der Waals surface area contributed by atoms with Crippen LogP contribution < -0.4 is 11.1 Å². The molecule has 0 amide bonds. The Hall–Kier alpha value is -1.94. The van der Waals surface area contributed by atoms with Crippen LogP contribution >= 0.6 is 0 Å². The molecule has 0 aromatic carbocycles. The lowest BCUT2D eigenvalue weighted by atomic mass is 9.95. The second-order valence-electron chi connectivity index (χ2n) is 5.74. The first kappa shape index (κ1) is 14.0. The van der Waals surface area contributed by atoms with Gasteiger partial charge in [0.25, 0.3) is 0 Å². The fraction of sp³-hybridized carbons (Fsp3) is 0.412. The zero-order chi connectivity index (χ0) is 14.5. The van der Waals surface area contributed by atoms with Gasteiger partial charge >= 0.3 is 0 Å². The molecule has 2 aromatic heterocycles. The Morgan fingerprint density at radius 3 is 2.95 bits per heavy atom. The highest BCUT2D eigenvalue weighted by atomic mass is 14.9. The molecule has 3 rings (SSSR count). The van der Waals surface area contributed by atoms with Crippen molar-refractivity contribution in [3.63, 3.8) is 0 Å². The predicted octanol–water partition coefficient (Wildman–Crippen LogP) is 2.66. The number of rotatable bonds is 3. The fourth-order valence-electron chi connectivity index (χ4n) is 2.90. The van der Waals surface area contributed by atoms with E-state index in [0.717, 1.165) is 36.7 Å². The fourth-order valence-corrected chi connectivity index (χ4v) is 2.90. The summed E-state index contributed by atoms with van der Waals surface area (Å²) in [6.07, 6.45) is 6.67. The van der Waals surface area contributed by atoms with Gasteiger partial charge in [0.1, 0.15) is 5.82 Å². The van der Waals surface area contributed by atoms with Crippen LogP contribution in [0.5, 0.6) is 0 Å². The Labute approximate surface area is 125 Å². The topological polar surface area (TPSA) is 63.8 Å². The summed E-state index contributed by atoms with van der Waals surface area (Å²) in [5, 5.41) is 3.46. The Balaban J connectivity index is 1.74. The highest BCUT2D eigenvalue weighted by Gasteiger charge is 2.13. The van der Waals surface area contributed by atoms with E-state index in [9.17, 15) is 0 Å². The molecule has 1 fully saturated rings. The van der Waals surface area contributed by atoms with Crippen molar-refractivity contribution in [2.24, 2.45) is 5.92 Å². The molecule has 0 aliphatic carbocycles. The van der Waals surface area contributed by atoms with Crippen LogP contribution in [0.4, 0.5) is 5.82 Å². The normalized spacial score (nSPS) is 19.1. The van der Waals surface area contributed by atoms with Gasteiger partial charge in [0, 0.05) is 17.5 Å². The lowest BCUT2D eigenvalue weighted by molar-refractivity contribution is 0.465. The van der Waals surface area contributed by atoms with E-state index in [0.29, 0.717) is 5.82 Å². The molecular formula is C17H22N4. The number of nitrogen functional groups attached to an aromatic ring is 1. The molecule has 1 aliphatic rings. The predicted molar refractivity (Wildman–Crippen MR) is 85.8 cm³/mol. The van der Waals surface area contributed by atoms with Crippen LogP contribution in [-0.2, 0) is 6.42 Å². The van der Waals surface area contributed by atoms with Crippen molar-refractivity contribution in [2.45, 2.75) is 25.7 Å². The van der Waals surface area contributed by atoms with Gasteiger partial charge in [-0.25, -0.2) is 4.98 Å². The van der Waals surface area contributed by atoms with E-state index in [1.165, 1.54) is 25.0 Å². The van der Waals surface area contributed by atoms with Crippen molar-refractivity contribution in [1.82, 2.24) is 15.3 Å². The minimum atomic E-state index is 0.542. The molecule has 110 valence electrons. The van der Waals surface area contributed by atoms with Crippen LogP contribution in [0, 0.1) is 5.92 Å². The van der Waals surface area contributed by atoms with Crippen molar-refractivity contribution in [1.29, 1.82) is 0 Å². The molecule has 3 heterocycles. The van der Waals surface area contributed by atoms with Crippen LogP contribution in [0.25, 0.3) is 11.3 Å². The lowest BCUT2D eigenvalue weighted by Crippen LogP contribution is -2.14. The summed E-state index contributed by atoms with van der Waals surface area (Å²) in [5.41, 5.74) is 8.81. The quantitative estimate of drug-likeness (QED) is 0.908. The molecule has 4 nitrogen and oxygen atoms in total. The molecule has 1 atom stereocenters. The van der Waals surface area contributed by atoms with Gasteiger partial charge in [-0.05, 0) is 69.0 Å². The molecule has 1 saturated heterocycles. The number of nitrogens with one attached hydrogen (secondary N) is 1. The summed E-state index contributed by atoms with van der Waals surface area (Å²) in [4.78, 5) is 8.94. The molecule has 1 aliphatic heterocycles. The van der Waals surface area contributed by atoms with Gasteiger partial charge in [-0.2, -0.15) is 0 Å². The van der Waals surface area contributed by atoms with Crippen molar-refractivity contribution in [2.75, 3.05) is 18.8 Å². The summed E-state index contributed by atoms with van der Waals surface area (Å²) < 4.78 is 0. The van der Waals surface area contributed by atoms with E-state index < -0.39 is 0 Å². The maximum atomic E-state index is 5.64. The first-order chi connectivity index (χ1) is 10.3. The van der Waals surface area contributed by atoms with Crippen molar-refractivity contribution < 1.29 is 0 Å². The molecular weight excluding hydrogens is 260 g/mol. The zero-order valence-electron chi connectivity index (χ0n) is 12.3. The molecule has 2 aromatic rings. The zero-order valence-corrected chi connectivity index (χ0v) is 12.3. The van der Waals surface area contributed by atoms with Gasteiger partial charge in [0.2, 0.25) is 0 Å². The van der Waals surface area contributed by atoms with Crippen molar-refractivity contribution >= 4 is 5.82 Å². The lowest BCUT2D eigenvalue weighted by Gasteiger charge is -2.13. The minimum Gasteiger partial charge on any atom is -0.384 e. The number of pyridine rings is 2. The number of hydrogen-bond acceptors (Lipinski definition) is 4. The molecule has 1 unspecified atom stereocenters. The number of nitrogens with two attached hydrogens (primary N) is 1. The SMILES string of the molecule is Nc1ccc(-c2cccc(CC3CCCNCC3)n2)cn1. The van der Waals surface area contributed by atoms with Gasteiger partial charge in [-0.3, -0.25) is 4.98 Å². The monoisotopic (exact) mass is 282 g/mol. The summed E-state index contributed by atoms with van der Waals surface area (Å²) >= 11 is 0. The first-order valence-electron chi connectivity index (χ1n) is 7.70. The van der Waals surface area contributed by atoms with Gasteiger partial charge in [-0.1, -0.05) is 6.07 Å². The molecule has 0 spiro atoms. The number of anilines is 1. The highest BCUT2D eigenvalue weighted by Crippen LogP contribution is 2.21. The molecule has 3 N–H and O–H groups in total.